The highest BCUT2D eigenvalue weighted by Gasteiger charge is 2.35. The SMILES string of the molecule is COc1ccccc1[C@H]1CC(=O)Oc2cc(OC)c3c(=O)cc(-c4ccccc4)oc3c21. The first kappa shape index (κ1) is 19.9. The molecule has 0 saturated heterocycles. The van der Waals surface area contributed by atoms with E-state index in [4.69, 9.17) is 18.6 Å². The molecule has 0 fully saturated rings. The van der Waals surface area contributed by atoms with Gasteiger partial charge in [0.15, 0.2) is 5.43 Å². The van der Waals surface area contributed by atoms with Gasteiger partial charge >= 0.3 is 5.97 Å². The van der Waals surface area contributed by atoms with E-state index >= 15 is 0 Å². The third-order valence-electron chi connectivity index (χ3n) is 5.70. The van der Waals surface area contributed by atoms with Crippen molar-refractivity contribution < 1.29 is 23.4 Å². The molecule has 2 heterocycles. The topological polar surface area (TPSA) is 75.0 Å². The molecule has 0 saturated carbocycles. The van der Waals surface area contributed by atoms with Crippen LogP contribution in [0.15, 0.2) is 75.9 Å². The lowest BCUT2D eigenvalue weighted by Crippen LogP contribution is -2.22. The smallest absolute Gasteiger partial charge is 0.312 e. The van der Waals surface area contributed by atoms with Crippen LogP contribution in [0.2, 0.25) is 0 Å². The minimum atomic E-state index is -0.412. The van der Waals surface area contributed by atoms with Crippen LogP contribution in [0.3, 0.4) is 0 Å². The molecule has 1 atom stereocenters. The summed E-state index contributed by atoms with van der Waals surface area (Å²) in [4.78, 5) is 25.7. The first-order chi connectivity index (χ1) is 15.6. The Morgan fingerprint density at radius 2 is 1.59 bits per heavy atom. The zero-order chi connectivity index (χ0) is 22.2. The van der Waals surface area contributed by atoms with Crippen molar-refractivity contribution in [2.24, 2.45) is 0 Å². The van der Waals surface area contributed by atoms with Crippen molar-refractivity contribution in [3.63, 3.8) is 0 Å². The zero-order valence-electron chi connectivity index (χ0n) is 17.6. The van der Waals surface area contributed by atoms with Gasteiger partial charge < -0.3 is 18.6 Å². The monoisotopic (exact) mass is 428 g/mol. The normalized spacial score (nSPS) is 15.2. The molecule has 1 aliphatic heterocycles. The predicted molar refractivity (Wildman–Crippen MR) is 120 cm³/mol. The summed E-state index contributed by atoms with van der Waals surface area (Å²) in [6.45, 7) is 0. The minimum Gasteiger partial charge on any atom is -0.496 e. The van der Waals surface area contributed by atoms with Crippen LogP contribution in [0.25, 0.3) is 22.3 Å². The molecule has 1 aromatic heterocycles. The lowest BCUT2D eigenvalue weighted by Gasteiger charge is -2.27. The average molecular weight is 428 g/mol. The minimum absolute atomic E-state index is 0.0913. The second-order valence-corrected chi connectivity index (χ2v) is 7.51. The second-order valence-electron chi connectivity index (χ2n) is 7.51. The van der Waals surface area contributed by atoms with Crippen molar-refractivity contribution in [3.05, 3.63) is 88.1 Å². The molecular weight excluding hydrogens is 408 g/mol. The van der Waals surface area contributed by atoms with E-state index in [0.717, 1.165) is 11.1 Å². The van der Waals surface area contributed by atoms with Gasteiger partial charge in [-0.25, -0.2) is 0 Å². The molecule has 0 radical (unpaired) electrons. The van der Waals surface area contributed by atoms with Crippen LogP contribution in [0.1, 0.15) is 23.5 Å². The van der Waals surface area contributed by atoms with E-state index in [2.05, 4.69) is 0 Å². The van der Waals surface area contributed by atoms with Gasteiger partial charge in [-0.1, -0.05) is 48.5 Å². The van der Waals surface area contributed by atoms with Crippen molar-refractivity contribution >= 4 is 16.9 Å². The number of ether oxygens (including phenoxy) is 3. The number of benzene rings is 3. The highest BCUT2D eigenvalue weighted by molar-refractivity contribution is 5.93. The Morgan fingerprint density at radius 3 is 2.34 bits per heavy atom. The van der Waals surface area contributed by atoms with Crippen molar-refractivity contribution in [3.8, 4) is 28.6 Å². The van der Waals surface area contributed by atoms with Crippen LogP contribution in [0.4, 0.5) is 0 Å². The maximum absolute atomic E-state index is 13.2. The van der Waals surface area contributed by atoms with E-state index < -0.39 is 5.92 Å². The Morgan fingerprint density at radius 1 is 0.875 bits per heavy atom. The summed E-state index contributed by atoms with van der Waals surface area (Å²) in [7, 11) is 3.05. The van der Waals surface area contributed by atoms with Gasteiger partial charge in [0, 0.05) is 34.7 Å². The van der Waals surface area contributed by atoms with Gasteiger partial charge in [-0.3, -0.25) is 9.59 Å². The second kappa shape index (κ2) is 7.89. The number of rotatable bonds is 4. The third kappa shape index (κ3) is 3.21. The highest BCUT2D eigenvalue weighted by Crippen LogP contribution is 2.47. The van der Waals surface area contributed by atoms with Crippen LogP contribution in [-0.2, 0) is 4.79 Å². The summed E-state index contributed by atoms with van der Waals surface area (Å²) in [5.41, 5.74) is 2.31. The standard InChI is InChI=1S/C26H20O6/c1-29-19-11-7-6-10-16(19)17-12-23(28)31-22-14-21(30-2)25-18(27)13-20(32-26(25)24(17)22)15-8-4-3-5-9-15/h3-11,13-14,17H,12H2,1-2H3/t17-/m1/s1. The number of methoxy groups -OCH3 is 2. The first-order valence-electron chi connectivity index (χ1n) is 10.2. The van der Waals surface area contributed by atoms with E-state index in [1.165, 1.54) is 13.2 Å². The molecular formula is C26H20O6. The van der Waals surface area contributed by atoms with Crippen molar-refractivity contribution in [2.75, 3.05) is 14.2 Å². The number of carbonyl (C=O) groups is 1. The lowest BCUT2D eigenvalue weighted by molar-refractivity contribution is -0.135. The fourth-order valence-electron chi connectivity index (χ4n) is 4.27. The Bertz CT molecular complexity index is 1390. The summed E-state index contributed by atoms with van der Waals surface area (Å²) in [5, 5.41) is 0.309. The van der Waals surface area contributed by atoms with Gasteiger partial charge in [0.1, 0.15) is 34.0 Å². The van der Waals surface area contributed by atoms with Gasteiger partial charge in [0.2, 0.25) is 0 Å². The van der Waals surface area contributed by atoms with Crippen LogP contribution in [0, 0.1) is 0 Å². The maximum Gasteiger partial charge on any atom is 0.312 e. The molecule has 0 unspecified atom stereocenters. The number of hydrogen-bond acceptors (Lipinski definition) is 6. The maximum atomic E-state index is 13.2. The molecule has 0 aliphatic carbocycles. The van der Waals surface area contributed by atoms with Crippen LogP contribution in [0.5, 0.6) is 17.2 Å². The molecule has 0 spiro atoms. The summed E-state index contributed by atoms with van der Waals surface area (Å²) < 4.78 is 22.9. The van der Waals surface area contributed by atoms with E-state index in [0.29, 0.717) is 39.5 Å². The molecule has 3 aromatic carbocycles. The zero-order valence-corrected chi connectivity index (χ0v) is 17.6. The van der Waals surface area contributed by atoms with E-state index in [1.54, 1.807) is 13.2 Å². The molecule has 1 aliphatic rings. The van der Waals surface area contributed by atoms with Crippen molar-refractivity contribution in [1.82, 2.24) is 0 Å². The predicted octanol–water partition coefficient (Wildman–Crippen LogP) is 4.92. The van der Waals surface area contributed by atoms with Crippen molar-refractivity contribution in [1.29, 1.82) is 0 Å². The van der Waals surface area contributed by atoms with Gasteiger partial charge in [-0.05, 0) is 6.07 Å². The molecule has 5 rings (SSSR count). The quantitative estimate of drug-likeness (QED) is 0.339. The Labute approximate surface area is 184 Å². The fourth-order valence-corrected chi connectivity index (χ4v) is 4.27. The van der Waals surface area contributed by atoms with Gasteiger partial charge in [-0.2, -0.15) is 0 Å². The van der Waals surface area contributed by atoms with E-state index in [1.807, 2.05) is 54.6 Å². The highest BCUT2D eigenvalue weighted by atomic mass is 16.5. The Kier molecular flexibility index (Phi) is 4.90. The van der Waals surface area contributed by atoms with Crippen molar-refractivity contribution in [2.45, 2.75) is 12.3 Å². The molecule has 0 amide bonds. The molecule has 0 N–H and O–H groups in total. The molecule has 6 nitrogen and oxygen atoms in total. The average Bonchev–Trinajstić information content (AvgIpc) is 2.83. The van der Waals surface area contributed by atoms with Gasteiger partial charge in [-0.15, -0.1) is 0 Å². The number of carbonyl (C=O) groups excluding carboxylic acids is 1. The van der Waals surface area contributed by atoms with E-state index in [-0.39, 0.29) is 17.8 Å². The molecule has 0 bridgehead atoms. The molecule has 6 heteroatoms. The molecule has 4 aromatic rings. The van der Waals surface area contributed by atoms with Gasteiger partial charge in [0.05, 0.1) is 20.6 Å². The Hall–Kier alpha value is -4.06. The fraction of sp³-hybridized carbons (Fsp3) is 0.154. The number of esters is 1. The summed E-state index contributed by atoms with van der Waals surface area (Å²) >= 11 is 0. The van der Waals surface area contributed by atoms with Crippen LogP contribution < -0.4 is 19.6 Å². The number of hydrogen-bond donors (Lipinski definition) is 0. The third-order valence-corrected chi connectivity index (χ3v) is 5.70. The summed E-state index contributed by atoms with van der Waals surface area (Å²) in [6, 6.07) is 19.9. The first-order valence-corrected chi connectivity index (χ1v) is 10.2. The number of fused-ring (bicyclic) bond motifs is 3. The van der Waals surface area contributed by atoms with E-state index in [9.17, 15) is 9.59 Å². The summed E-state index contributed by atoms with van der Waals surface area (Å²) in [6.07, 6.45) is 0.0913. The summed E-state index contributed by atoms with van der Waals surface area (Å²) in [5.74, 6) is 0.884. The Balaban J connectivity index is 1.86. The molecule has 32 heavy (non-hydrogen) atoms. The lowest BCUT2D eigenvalue weighted by atomic mass is 9.84. The largest absolute Gasteiger partial charge is 0.496 e. The number of para-hydroxylation sites is 1. The molecule has 160 valence electrons. The van der Waals surface area contributed by atoms with Crippen LogP contribution in [-0.4, -0.2) is 20.2 Å². The van der Waals surface area contributed by atoms with Crippen LogP contribution >= 0.6 is 0 Å². The van der Waals surface area contributed by atoms with Gasteiger partial charge in [0.25, 0.3) is 0 Å².